The van der Waals surface area contributed by atoms with Gasteiger partial charge in [-0.25, -0.2) is 0 Å². The van der Waals surface area contributed by atoms with Crippen molar-refractivity contribution in [1.29, 1.82) is 0 Å². The third-order valence-electron chi connectivity index (χ3n) is 3.89. The van der Waals surface area contributed by atoms with Crippen molar-refractivity contribution in [2.24, 2.45) is 4.99 Å². The molecule has 26 heavy (non-hydrogen) atoms. The van der Waals surface area contributed by atoms with E-state index in [0.29, 0.717) is 32.0 Å². The Morgan fingerprint density at radius 3 is 2.65 bits per heavy atom. The van der Waals surface area contributed by atoms with E-state index in [0.717, 1.165) is 22.2 Å². The maximum atomic E-state index is 12.3. The van der Waals surface area contributed by atoms with Gasteiger partial charge in [-0.3, -0.25) is 9.79 Å². The fourth-order valence-electron chi connectivity index (χ4n) is 2.43. The number of hydrogen-bond donors (Lipinski definition) is 2. The summed E-state index contributed by atoms with van der Waals surface area (Å²) in [6, 6.07) is 11.7. The molecule has 2 N–H and O–H groups in total. The van der Waals surface area contributed by atoms with Gasteiger partial charge >= 0.3 is 0 Å². The number of carbonyl (C=O) groups is 1. The van der Waals surface area contributed by atoms with Crippen LogP contribution in [0.15, 0.2) is 56.5 Å². The van der Waals surface area contributed by atoms with Gasteiger partial charge in [-0.15, -0.1) is 0 Å². The average Bonchev–Trinajstić information content (AvgIpc) is 3.15. The Bertz CT molecular complexity index is 716. The molecule has 2 aromatic rings. The highest BCUT2D eigenvalue weighted by Crippen LogP contribution is 2.17. The second kappa shape index (κ2) is 10.7. The monoisotopic (exact) mass is 420 g/mol. The van der Waals surface area contributed by atoms with Crippen LogP contribution < -0.4 is 10.6 Å². The SMILES string of the molecule is CN=C(NCCC(=O)N(C)Cc1ccccc1Br)NCCc1ccco1. The molecule has 1 aromatic heterocycles. The third-order valence-corrected chi connectivity index (χ3v) is 4.66. The van der Waals surface area contributed by atoms with Crippen LogP contribution in [0.4, 0.5) is 0 Å². The number of benzene rings is 1. The van der Waals surface area contributed by atoms with Crippen molar-refractivity contribution in [3.63, 3.8) is 0 Å². The predicted octanol–water partition coefficient (Wildman–Crippen LogP) is 2.80. The first-order valence-corrected chi connectivity index (χ1v) is 9.33. The van der Waals surface area contributed by atoms with E-state index in [2.05, 4.69) is 31.6 Å². The zero-order chi connectivity index (χ0) is 18.8. The highest BCUT2D eigenvalue weighted by molar-refractivity contribution is 9.10. The second-order valence-corrected chi connectivity index (χ2v) is 6.70. The van der Waals surface area contributed by atoms with Gasteiger partial charge in [0.2, 0.25) is 5.91 Å². The zero-order valence-electron chi connectivity index (χ0n) is 15.2. The summed E-state index contributed by atoms with van der Waals surface area (Å²) in [5.41, 5.74) is 1.09. The van der Waals surface area contributed by atoms with E-state index < -0.39 is 0 Å². The summed E-state index contributed by atoms with van der Waals surface area (Å²) in [5, 5.41) is 6.37. The lowest BCUT2D eigenvalue weighted by Crippen LogP contribution is -2.40. The van der Waals surface area contributed by atoms with Gasteiger partial charge in [-0.05, 0) is 23.8 Å². The van der Waals surface area contributed by atoms with E-state index in [1.54, 1.807) is 18.2 Å². The van der Waals surface area contributed by atoms with Crippen molar-refractivity contribution in [2.45, 2.75) is 19.4 Å². The molecule has 0 atom stereocenters. The lowest BCUT2D eigenvalue weighted by molar-refractivity contribution is -0.130. The number of guanidine groups is 1. The smallest absolute Gasteiger partial charge is 0.224 e. The second-order valence-electron chi connectivity index (χ2n) is 5.85. The summed E-state index contributed by atoms with van der Waals surface area (Å²) < 4.78 is 6.30. The summed E-state index contributed by atoms with van der Waals surface area (Å²) >= 11 is 3.51. The summed E-state index contributed by atoms with van der Waals surface area (Å²) in [5.74, 6) is 1.69. The lowest BCUT2D eigenvalue weighted by atomic mass is 10.2. The number of hydrogen-bond acceptors (Lipinski definition) is 3. The van der Waals surface area contributed by atoms with Gasteiger partial charge in [0, 0.05) is 51.0 Å². The fourth-order valence-corrected chi connectivity index (χ4v) is 2.84. The van der Waals surface area contributed by atoms with Crippen LogP contribution in [0.5, 0.6) is 0 Å². The number of furan rings is 1. The third kappa shape index (κ3) is 6.55. The van der Waals surface area contributed by atoms with Crippen LogP contribution in [-0.2, 0) is 17.8 Å². The first-order chi connectivity index (χ1) is 12.6. The maximum Gasteiger partial charge on any atom is 0.224 e. The van der Waals surface area contributed by atoms with Gasteiger partial charge in [0.15, 0.2) is 5.96 Å². The molecule has 0 saturated heterocycles. The molecule has 1 heterocycles. The topological polar surface area (TPSA) is 69.9 Å². The molecule has 0 saturated carbocycles. The molecule has 2 rings (SSSR count). The minimum absolute atomic E-state index is 0.0827. The minimum atomic E-state index is 0.0827. The molecule has 0 fully saturated rings. The number of amides is 1. The molecule has 0 radical (unpaired) electrons. The number of nitrogens with one attached hydrogen (secondary N) is 2. The van der Waals surface area contributed by atoms with Crippen LogP contribution in [0, 0.1) is 0 Å². The zero-order valence-corrected chi connectivity index (χ0v) is 16.8. The van der Waals surface area contributed by atoms with Gasteiger partial charge in [-0.1, -0.05) is 34.1 Å². The average molecular weight is 421 g/mol. The van der Waals surface area contributed by atoms with Crippen molar-refractivity contribution < 1.29 is 9.21 Å². The molecule has 0 spiro atoms. The normalized spacial score (nSPS) is 11.3. The summed E-state index contributed by atoms with van der Waals surface area (Å²) in [7, 11) is 3.53. The van der Waals surface area contributed by atoms with Crippen LogP contribution in [-0.4, -0.2) is 44.0 Å². The van der Waals surface area contributed by atoms with Crippen LogP contribution in [0.1, 0.15) is 17.7 Å². The number of rotatable bonds is 8. The molecular formula is C19H25BrN4O2. The highest BCUT2D eigenvalue weighted by atomic mass is 79.9. The maximum absolute atomic E-state index is 12.3. The van der Waals surface area contributed by atoms with Gasteiger partial charge < -0.3 is 20.0 Å². The van der Waals surface area contributed by atoms with Crippen LogP contribution in [0.25, 0.3) is 0 Å². The van der Waals surface area contributed by atoms with Crippen molar-refractivity contribution in [3.05, 3.63) is 58.5 Å². The van der Waals surface area contributed by atoms with Gasteiger partial charge in [0.25, 0.3) is 0 Å². The Labute approximate surface area is 162 Å². The van der Waals surface area contributed by atoms with E-state index in [-0.39, 0.29) is 5.91 Å². The van der Waals surface area contributed by atoms with Crippen molar-refractivity contribution in [3.8, 4) is 0 Å². The molecule has 0 bridgehead atoms. The molecule has 0 unspecified atom stereocenters. The quantitative estimate of drug-likeness (QED) is 0.508. The molecule has 1 amide bonds. The Balaban J connectivity index is 1.68. The van der Waals surface area contributed by atoms with E-state index in [1.165, 1.54) is 0 Å². The molecule has 0 aliphatic heterocycles. The van der Waals surface area contributed by atoms with E-state index in [4.69, 9.17) is 4.42 Å². The first-order valence-electron chi connectivity index (χ1n) is 8.54. The van der Waals surface area contributed by atoms with E-state index >= 15 is 0 Å². The lowest BCUT2D eigenvalue weighted by Gasteiger charge is -2.19. The molecule has 0 aliphatic carbocycles. The van der Waals surface area contributed by atoms with E-state index in [9.17, 15) is 4.79 Å². The highest BCUT2D eigenvalue weighted by Gasteiger charge is 2.11. The van der Waals surface area contributed by atoms with Crippen LogP contribution >= 0.6 is 15.9 Å². The van der Waals surface area contributed by atoms with Gasteiger partial charge in [0.05, 0.1) is 6.26 Å². The molecule has 140 valence electrons. The molecule has 1 aromatic carbocycles. The van der Waals surface area contributed by atoms with E-state index in [1.807, 2.05) is 43.4 Å². The standard InChI is InChI=1S/C19H25BrN4O2/c1-21-19(22-11-9-16-7-5-13-26-16)23-12-10-18(25)24(2)14-15-6-3-4-8-17(15)20/h3-8,13H,9-12,14H2,1-2H3,(H2,21,22,23). The van der Waals surface area contributed by atoms with Crippen molar-refractivity contribution in [2.75, 3.05) is 27.2 Å². The number of nitrogens with zero attached hydrogens (tertiary/aromatic N) is 2. The van der Waals surface area contributed by atoms with Gasteiger partial charge in [0.1, 0.15) is 5.76 Å². The first kappa shape index (κ1) is 20.0. The van der Waals surface area contributed by atoms with Crippen molar-refractivity contribution in [1.82, 2.24) is 15.5 Å². The largest absolute Gasteiger partial charge is 0.469 e. The number of carbonyl (C=O) groups excluding carboxylic acids is 1. The van der Waals surface area contributed by atoms with Crippen LogP contribution in [0.2, 0.25) is 0 Å². The molecule has 0 aliphatic rings. The van der Waals surface area contributed by atoms with Gasteiger partial charge in [-0.2, -0.15) is 0 Å². The fraction of sp³-hybridized carbons (Fsp3) is 0.368. The number of aliphatic imine (C=N–C) groups is 1. The Hall–Kier alpha value is -2.28. The summed E-state index contributed by atoms with van der Waals surface area (Å²) in [6.07, 6.45) is 2.85. The molecule has 7 heteroatoms. The Kier molecular flexibility index (Phi) is 8.21. The van der Waals surface area contributed by atoms with Crippen molar-refractivity contribution >= 4 is 27.8 Å². The van der Waals surface area contributed by atoms with Crippen LogP contribution in [0.3, 0.4) is 0 Å². The Morgan fingerprint density at radius 1 is 1.19 bits per heavy atom. The predicted molar refractivity (Wildman–Crippen MR) is 107 cm³/mol. The summed E-state index contributed by atoms with van der Waals surface area (Å²) in [6.45, 7) is 1.82. The minimum Gasteiger partial charge on any atom is -0.469 e. The molecular weight excluding hydrogens is 396 g/mol. The molecule has 6 nitrogen and oxygen atoms in total. The summed E-state index contributed by atoms with van der Waals surface area (Å²) in [4.78, 5) is 18.2. The Morgan fingerprint density at radius 2 is 1.96 bits per heavy atom. The number of halogens is 1.